The van der Waals surface area contributed by atoms with Crippen molar-refractivity contribution >= 4 is 22.6 Å². The molecule has 0 saturated heterocycles. The molecule has 0 radical (unpaired) electrons. The van der Waals surface area contributed by atoms with Crippen molar-refractivity contribution in [2.45, 2.75) is 64.1 Å². The van der Waals surface area contributed by atoms with Gasteiger partial charge in [0.15, 0.2) is 0 Å². The van der Waals surface area contributed by atoms with Crippen LogP contribution < -0.4 is 10.6 Å². The quantitative estimate of drug-likeness (QED) is 0.897. The van der Waals surface area contributed by atoms with E-state index in [1.165, 1.54) is 11.3 Å². The molecule has 1 aliphatic rings. The third-order valence-electron chi connectivity index (χ3n) is 3.08. The SMILES string of the molecule is CC(C)(C)OC(=O)NC1CCCC(Nc2nncs2)C1. The van der Waals surface area contributed by atoms with Gasteiger partial charge in [-0.1, -0.05) is 11.3 Å². The molecule has 2 atom stereocenters. The van der Waals surface area contributed by atoms with E-state index >= 15 is 0 Å². The lowest BCUT2D eigenvalue weighted by Gasteiger charge is -2.30. The standard InChI is InChI=1S/C13H22N4O2S/c1-13(2,3)19-12(18)16-10-6-4-5-9(7-10)15-11-17-14-8-20-11/h8-10H,4-7H2,1-3H3,(H,15,17)(H,16,18). The highest BCUT2D eigenvalue weighted by atomic mass is 32.1. The Morgan fingerprint density at radius 2 is 2.15 bits per heavy atom. The highest BCUT2D eigenvalue weighted by Gasteiger charge is 2.25. The van der Waals surface area contributed by atoms with Crippen molar-refractivity contribution in [3.05, 3.63) is 5.51 Å². The minimum Gasteiger partial charge on any atom is -0.444 e. The van der Waals surface area contributed by atoms with Gasteiger partial charge in [0, 0.05) is 12.1 Å². The van der Waals surface area contributed by atoms with Gasteiger partial charge in [0.2, 0.25) is 5.13 Å². The summed E-state index contributed by atoms with van der Waals surface area (Å²) in [4.78, 5) is 11.8. The Morgan fingerprint density at radius 3 is 2.80 bits per heavy atom. The monoisotopic (exact) mass is 298 g/mol. The van der Waals surface area contributed by atoms with Crippen LogP contribution in [-0.2, 0) is 4.74 Å². The van der Waals surface area contributed by atoms with Gasteiger partial charge in [-0.3, -0.25) is 0 Å². The maximum Gasteiger partial charge on any atom is 0.407 e. The number of anilines is 1. The number of alkyl carbamates (subject to hydrolysis) is 1. The van der Waals surface area contributed by atoms with Gasteiger partial charge in [-0.15, -0.1) is 10.2 Å². The summed E-state index contributed by atoms with van der Waals surface area (Å²) in [5.41, 5.74) is 1.25. The molecule has 1 saturated carbocycles. The normalized spacial score (nSPS) is 23.1. The van der Waals surface area contributed by atoms with Crippen molar-refractivity contribution in [3.63, 3.8) is 0 Å². The van der Waals surface area contributed by atoms with E-state index in [0.29, 0.717) is 6.04 Å². The van der Waals surface area contributed by atoms with Crippen LogP contribution in [-0.4, -0.2) is 34.0 Å². The van der Waals surface area contributed by atoms with E-state index in [-0.39, 0.29) is 12.1 Å². The van der Waals surface area contributed by atoms with Crippen LogP contribution in [0.25, 0.3) is 0 Å². The summed E-state index contributed by atoms with van der Waals surface area (Å²) >= 11 is 1.49. The van der Waals surface area contributed by atoms with E-state index < -0.39 is 5.60 Å². The van der Waals surface area contributed by atoms with E-state index in [1.807, 2.05) is 20.8 Å². The second-order valence-corrected chi connectivity index (χ2v) is 6.93. The van der Waals surface area contributed by atoms with Crippen molar-refractivity contribution in [2.75, 3.05) is 5.32 Å². The predicted molar refractivity (Wildman–Crippen MR) is 78.9 cm³/mol. The lowest BCUT2D eigenvalue weighted by Crippen LogP contribution is -2.43. The zero-order chi connectivity index (χ0) is 14.6. The lowest BCUT2D eigenvalue weighted by atomic mass is 9.91. The fourth-order valence-electron chi connectivity index (χ4n) is 2.34. The maximum atomic E-state index is 11.8. The van der Waals surface area contributed by atoms with Crippen LogP contribution in [0.2, 0.25) is 0 Å². The largest absolute Gasteiger partial charge is 0.444 e. The molecule has 2 N–H and O–H groups in total. The van der Waals surface area contributed by atoms with Crippen LogP contribution in [0, 0.1) is 0 Å². The topological polar surface area (TPSA) is 76.1 Å². The molecular weight excluding hydrogens is 276 g/mol. The average molecular weight is 298 g/mol. The van der Waals surface area contributed by atoms with Crippen LogP contribution in [0.5, 0.6) is 0 Å². The van der Waals surface area contributed by atoms with E-state index in [1.54, 1.807) is 5.51 Å². The molecule has 1 aliphatic carbocycles. The van der Waals surface area contributed by atoms with Gasteiger partial charge < -0.3 is 15.4 Å². The number of aromatic nitrogens is 2. The molecule has 7 heteroatoms. The minimum absolute atomic E-state index is 0.157. The van der Waals surface area contributed by atoms with Gasteiger partial charge in [0.1, 0.15) is 11.1 Å². The van der Waals surface area contributed by atoms with Gasteiger partial charge in [-0.25, -0.2) is 4.79 Å². The summed E-state index contributed by atoms with van der Waals surface area (Å²) in [6.07, 6.45) is 3.72. The third-order valence-corrected chi connectivity index (χ3v) is 3.71. The van der Waals surface area contributed by atoms with Gasteiger partial charge in [-0.05, 0) is 46.5 Å². The Bertz CT molecular complexity index is 430. The fraction of sp³-hybridized carbons (Fsp3) is 0.769. The smallest absolute Gasteiger partial charge is 0.407 e. The summed E-state index contributed by atoms with van der Waals surface area (Å²) in [5, 5.41) is 15.0. The number of carbonyl (C=O) groups excluding carboxylic acids is 1. The molecule has 1 amide bonds. The van der Waals surface area contributed by atoms with Crippen LogP contribution in [0.3, 0.4) is 0 Å². The molecular formula is C13H22N4O2S. The molecule has 0 bridgehead atoms. The van der Waals surface area contributed by atoms with Crippen LogP contribution in [0.15, 0.2) is 5.51 Å². The first kappa shape index (κ1) is 15.0. The Hall–Kier alpha value is -1.37. The van der Waals surface area contributed by atoms with Crippen molar-refractivity contribution < 1.29 is 9.53 Å². The zero-order valence-corrected chi connectivity index (χ0v) is 13.0. The van der Waals surface area contributed by atoms with Crippen LogP contribution in [0.4, 0.5) is 9.93 Å². The zero-order valence-electron chi connectivity index (χ0n) is 12.2. The van der Waals surface area contributed by atoms with Crippen molar-refractivity contribution in [1.82, 2.24) is 15.5 Å². The van der Waals surface area contributed by atoms with Crippen molar-refractivity contribution in [1.29, 1.82) is 0 Å². The Kier molecular flexibility index (Phi) is 4.80. The number of nitrogens with one attached hydrogen (secondary N) is 2. The molecule has 20 heavy (non-hydrogen) atoms. The third kappa shape index (κ3) is 4.96. The van der Waals surface area contributed by atoms with Crippen LogP contribution >= 0.6 is 11.3 Å². The summed E-state index contributed by atoms with van der Waals surface area (Å²) in [6.45, 7) is 5.60. The first-order chi connectivity index (χ1) is 9.42. The lowest BCUT2D eigenvalue weighted by molar-refractivity contribution is 0.0492. The summed E-state index contributed by atoms with van der Waals surface area (Å²) < 4.78 is 5.29. The summed E-state index contributed by atoms with van der Waals surface area (Å²) in [7, 11) is 0. The van der Waals surface area contributed by atoms with Gasteiger partial charge in [0.25, 0.3) is 0 Å². The molecule has 2 rings (SSSR count). The Balaban J connectivity index is 1.80. The molecule has 1 fully saturated rings. The fourth-order valence-corrected chi connectivity index (χ4v) is 2.86. The van der Waals surface area contributed by atoms with E-state index in [4.69, 9.17) is 4.74 Å². The molecule has 1 aromatic heterocycles. The molecule has 112 valence electrons. The minimum atomic E-state index is -0.455. The predicted octanol–water partition coefficient (Wildman–Crippen LogP) is 2.79. The van der Waals surface area contributed by atoms with Gasteiger partial charge in [0.05, 0.1) is 0 Å². The molecule has 0 aromatic carbocycles. The highest BCUT2D eigenvalue weighted by Crippen LogP contribution is 2.23. The Morgan fingerprint density at radius 1 is 1.40 bits per heavy atom. The molecule has 1 heterocycles. The number of hydrogen-bond donors (Lipinski definition) is 2. The maximum absolute atomic E-state index is 11.8. The first-order valence-corrected chi connectivity index (χ1v) is 7.82. The number of hydrogen-bond acceptors (Lipinski definition) is 6. The van der Waals surface area contributed by atoms with E-state index in [9.17, 15) is 4.79 Å². The molecule has 0 spiro atoms. The van der Waals surface area contributed by atoms with E-state index in [2.05, 4.69) is 20.8 Å². The highest BCUT2D eigenvalue weighted by molar-refractivity contribution is 7.13. The van der Waals surface area contributed by atoms with E-state index in [0.717, 1.165) is 30.8 Å². The molecule has 0 aliphatic heterocycles. The van der Waals surface area contributed by atoms with Crippen molar-refractivity contribution in [3.8, 4) is 0 Å². The Labute approximate surface area is 123 Å². The summed E-state index contributed by atoms with van der Waals surface area (Å²) in [6, 6.07) is 0.487. The number of ether oxygens (including phenoxy) is 1. The van der Waals surface area contributed by atoms with Crippen molar-refractivity contribution in [2.24, 2.45) is 0 Å². The number of carbonyl (C=O) groups is 1. The molecule has 1 aromatic rings. The van der Waals surface area contributed by atoms with Gasteiger partial charge >= 0.3 is 6.09 Å². The summed E-state index contributed by atoms with van der Waals surface area (Å²) in [5.74, 6) is 0. The molecule has 2 unspecified atom stereocenters. The second kappa shape index (κ2) is 6.39. The number of nitrogens with zero attached hydrogens (tertiary/aromatic N) is 2. The molecule has 6 nitrogen and oxygen atoms in total. The average Bonchev–Trinajstić information content (AvgIpc) is 2.79. The van der Waals surface area contributed by atoms with Crippen LogP contribution in [0.1, 0.15) is 46.5 Å². The number of amides is 1. The van der Waals surface area contributed by atoms with Gasteiger partial charge in [-0.2, -0.15) is 0 Å². The number of rotatable bonds is 3. The second-order valence-electron chi connectivity index (χ2n) is 6.09. The first-order valence-electron chi connectivity index (χ1n) is 6.94.